The zero-order chi connectivity index (χ0) is 22.7. The van der Waals surface area contributed by atoms with Crippen molar-refractivity contribution in [1.29, 1.82) is 0 Å². The Hall–Kier alpha value is -3.93. The fourth-order valence-corrected chi connectivity index (χ4v) is 3.99. The number of H-pyrrole nitrogens is 1. The van der Waals surface area contributed by atoms with E-state index in [0.29, 0.717) is 23.0 Å². The van der Waals surface area contributed by atoms with Crippen LogP contribution in [0.1, 0.15) is 16.8 Å². The average molecular weight is 454 g/mol. The average Bonchev–Trinajstić information content (AvgIpc) is 3.33. The molecule has 4 aromatic rings. The molecule has 0 saturated heterocycles. The van der Waals surface area contributed by atoms with E-state index in [1.165, 1.54) is 24.5 Å². The maximum atomic E-state index is 12.4. The number of hydrogen-bond acceptors (Lipinski definition) is 8. The number of nitro groups is 1. The van der Waals surface area contributed by atoms with Crippen LogP contribution in [0.2, 0.25) is 0 Å². The summed E-state index contributed by atoms with van der Waals surface area (Å²) in [5.41, 5.74) is 1.13. The Bertz CT molecular complexity index is 1360. The van der Waals surface area contributed by atoms with Crippen molar-refractivity contribution in [2.24, 2.45) is 7.05 Å². The number of aromatic amines is 1. The molecule has 11 nitrogen and oxygen atoms in total. The molecule has 0 aliphatic rings. The monoisotopic (exact) mass is 454 g/mol. The van der Waals surface area contributed by atoms with Gasteiger partial charge in [-0.3, -0.25) is 14.7 Å². The van der Waals surface area contributed by atoms with Gasteiger partial charge in [0.2, 0.25) is 0 Å². The molecule has 0 aliphatic heterocycles. The maximum Gasteiger partial charge on any atom is 0.338 e. The number of carbonyl (C=O) groups is 1. The van der Waals surface area contributed by atoms with Crippen LogP contribution >= 0.6 is 11.8 Å². The van der Waals surface area contributed by atoms with Crippen molar-refractivity contribution in [1.82, 2.24) is 24.3 Å². The molecule has 1 N–H and O–H groups in total. The van der Waals surface area contributed by atoms with Gasteiger partial charge in [0.25, 0.3) is 5.69 Å². The Morgan fingerprint density at radius 3 is 2.84 bits per heavy atom. The number of nitrogens with one attached hydrogen (secondary N) is 1. The lowest BCUT2D eigenvalue weighted by molar-refractivity contribution is -0.387. The summed E-state index contributed by atoms with van der Waals surface area (Å²) < 4.78 is 8.47. The number of benzene rings is 2. The van der Waals surface area contributed by atoms with Gasteiger partial charge in [0.05, 0.1) is 33.0 Å². The third-order valence-electron chi connectivity index (χ3n) is 4.70. The molecule has 0 saturated carbocycles. The van der Waals surface area contributed by atoms with Crippen molar-refractivity contribution in [2.45, 2.75) is 23.0 Å². The second-order valence-corrected chi connectivity index (χ2v) is 7.86. The molecule has 0 fully saturated rings. The van der Waals surface area contributed by atoms with Gasteiger partial charge < -0.3 is 14.3 Å². The van der Waals surface area contributed by atoms with Crippen LogP contribution in [0.15, 0.2) is 63.6 Å². The summed E-state index contributed by atoms with van der Waals surface area (Å²) in [5, 5.41) is 19.6. The van der Waals surface area contributed by atoms with E-state index in [1.807, 2.05) is 24.3 Å². The molecule has 0 atom stereocenters. The number of fused-ring (bicyclic) bond motifs is 1. The number of ether oxygens (including phenoxy) is 1. The Labute approximate surface area is 185 Å². The molecule has 32 heavy (non-hydrogen) atoms. The first-order chi connectivity index (χ1) is 15.4. The standard InChI is InChI=1S/C20H18N6O5S/c1-24-12-21-23-20(24)32-17-8-7-13(11-16(17)26(29)30)18(27)31-10-4-9-25-15-6-3-2-5-14(15)22-19(25)28/h2-3,5-8,11-12H,4,9-10H2,1H3,(H,22,28). The lowest BCUT2D eigenvalue weighted by atomic mass is 10.2. The fourth-order valence-electron chi connectivity index (χ4n) is 3.14. The molecular weight excluding hydrogens is 436 g/mol. The molecule has 0 aliphatic carbocycles. The van der Waals surface area contributed by atoms with Gasteiger partial charge >= 0.3 is 11.7 Å². The minimum atomic E-state index is -0.672. The number of aryl methyl sites for hydroxylation is 2. The molecule has 0 bridgehead atoms. The lowest BCUT2D eigenvalue weighted by Gasteiger charge is -2.07. The lowest BCUT2D eigenvalue weighted by Crippen LogP contribution is -2.18. The molecule has 0 spiro atoms. The molecule has 0 amide bonds. The number of nitro benzene ring substituents is 1. The summed E-state index contributed by atoms with van der Waals surface area (Å²) in [4.78, 5) is 38.5. The molecule has 2 aromatic carbocycles. The van der Waals surface area contributed by atoms with Crippen LogP contribution in [0.4, 0.5) is 5.69 Å². The van der Waals surface area contributed by atoms with Gasteiger partial charge in [-0.05, 0) is 42.4 Å². The molecule has 0 radical (unpaired) electrons. The molecule has 4 rings (SSSR count). The summed E-state index contributed by atoms with van der Waals surface area (Å²) in [7, 11) is 1.73. The highest BCUT2D eigenvalue weighted by Gasteiger charge is 2.20. The summed E-state index contributed by atoms with van der Waals surface area (Å²) in [5.74, 6) is -0.672. The fraction of sp³-hybridized carbons (Fsp3) is 0.200. The Morgan fingerprint density at radius 2 is 2.09 bits per heavy atom. The largest absolute Gasteiger partial charge is 0.462 e. The predicted molar refractivity (Wildman–Crippen MR) is 116 cm³/mol. The number of hydrogen-bond donors (Lipinski definition) is 1. The van der Waals surface area contributed by atoms with Crippen LogP contribution in [0.5, 0.6) is 0 Å². The van der Waals surface area contributed by atoms with E-state index in [-0.39, 0.29) is 23.5 Å². The molecule has 12 heteroatoms. The Balaban J connectivity index is 1.40. The first-order valence-electron chi connectivity index (χ1n) is 9.59. The van der Waals surface area contributed by atoms with Gasteiger partial charge in [0.1, 0.15) is 6.33 Å². The van der Waals surface area contributed by atoms with Crippen LogP contribution < -0.4 is 5.69 Å². The number of para-hydroxylation sites is 2. The highest BCUT2D eigenvalue weighted by atomic mass is 32.2. The molecular formula is C20H18N6O5S. The van der Waals surface area contributed by atoms with Crippen LogP contribution in [-0.2, 0) is 18.3 Å². The number of nitrogens with zero attached hydrogens (tertiary/aromatic N) is 5. The maximum absolute atomic E-state index is 12.4. The van der Waals surface area contributed by atoms with Crippen LogP contribution in [0, 0.1) is 10.1 Å². The smallest absolute Gasteiger partial charge is 0.338 e. The third-order valence-corrected chi connectivity index (χ3v) is 5.82. The second-order valence-electron chi connectivity index (χ2n) is 6.85. The Morgan fingerprint density at radius 1 is 1.28 bits per heavy atom. The van der Waals surface area contributed by atoms with Crippen LogP contribution in [0.3, 0.4) is 0 Å². The quantitative estimate of drug-likeness (QED) is 0.186. The zero-order valence-corrected chi connectivity index (χ0v) is 17.7. The van der Waals surface area contributed by atoms with Crippen molar-refractivity contribution >= 4 is 34.5 Å². The van der Waals surface area contributed by atoms with E-state index in [4.69, 9.17) is 4.74 Å². The first-order valence-corrected chi connectivity index (χ1v) is 10.4. The number of imidazole rings is 1. The SMILES string of the molecule is Cn1cnnc1Sc1ccc(C(=O)OCCCn2c(=O)[nH]c3ccccc32)cc1[N+](=O)[O-]. The van der Waals surface area contributed by atoms with Crippen LogP contribution in [-0.4, -0.2) is 41.8 Å². The van der Waals surface area contributed by atoms with Crippen molar-refractivity contribution in [3.05, 3.63) is 75.0 Å². The predicted octanol–water partition coefficient (Wildman–Crippen LogP) is 2.76. The van der Waals surface area contributed by atoms with Gasteiger partial charge in [-0.2, -0.15) is 0 Å². The number of aromatic nitrogens is 5. The van der Waals surface area contributed by atoms with Gasteiger partial charge in [-0.25, -0.2) is 9.59 Å². The molecule has 2 aromatic heterocycles. The van der Waals surface area contributed by atoms with E-state index < -0.39 is 10.9 Å². The summed E-state index contributed by atoms with van der Waals surface area (Å²) in [6.07, 6.45) is 1.90. The minimum Gasteiger partial charge on any atom is -0.462 e. The van der Waals surface area contributed by atoms with Gasteiger partial charge in [0.15, 0.2) is 5.16 Å². The molecule has 0 unspecified atom stereocenters. The van der Waals surface area contributed by atoms with E-state index in [2.05, 4.69) is 15.2 Å². The summed E-state index contributed by atoms with van der Waals surface area (Å²) in [6.45, 7) is 0.428. The molecule has 2 heterocycles. The van der Waals surface area contributed by atoms with E-state index in [0.717, 1.165) is 22.8 Å². The zero-order valence-electron chi connectivity index (χ0n) is 16.9. The van der Waals surface area contributed by atoms with Gasteiger partial charge in [-0.15, -0.1) is 10.2 Å². The second kappa shape index (κ2) is 9.06. The van der Waals surface area contributed by atoms with Crippen molar-refractivity contribution in [3.63, 3.8) is 0 Å². The molecule has 164 valence electrons. The third kappa shape index (κ3) is 4.39. The van der Waals surface area contributed by atoms with E-state index >= 15 is 0 Å². The normalized spacial score (nSPS) is 11.0. The summed E-state index contributed by atoms with van der Waals surface area (Å²) in [6, 6.07) is 11.5. The summed E-state index contributed by atoms with van der Waals surface area (Å²) >= 11 is 1.08. The first kappa shape index (κ1) is 21.3. The van der Waals surface area contributed by atoms with Gasteiger partial charge in [-0.1, -0.05) is 12.1 Å². The van der Waals surface area contributed by atoms with E-state index in [9.17, 15) is 19.7 Å². The number of rotatable bonds is 8. The highest BCUT2D eigenvalue weighted by molar-refractivity contribution is 7.99. The number of carbonyl (C=O) groups excluding carboxylic acids is 1. The topological polar surface area (TPSA) is 138 Å². The van der Waals surface area contributed by atoms with Crippen molar-refractivity contribution < 1.29 is 14.5 Å². The van der Waals surface area contributed by atoms with Crippen LogP contribution in [0.25, 0.3) is 11.0 Å². The van der Waals surface area contributed by atoms with Gasteiger partial charge in [0, 0.05) is 19.7 Å². The number of esters is 1. The van der Waals surface area contributed by atoms with Crippen molar-refractivity contribution in [2.75, 3.05) is 6.61 Å². The van der Waals surface area contributed by atoms with E-state index in [1.54, 1.807) is 16.2 Å². The minimum absolute atomic E-state index is 0.0635. The van der Waals surface area contributed by atoms with Crippen molar-refractivity contribution in [3.8, 4) is 0 Å². The Kier molecular flexibility index (Phi) is 6.03. The highest BCUT2D eigenvalue weighted by Crippen LogP contribution is 2.34.